The third-order valence-electron chi connectivity index (χ3n) is 3.05. The first-order valence-electron chi connectivity index (χ1n) is 6.98. The van der Waals surface area contributed by atoms with Gasteiger partial charge in [0.2, 0.25) is 0 Å². The number of nitriles is 2. The zero-order valence-electron chi connectivity index (χ0n) is 12.6. The van der Waals surface area contributed by atoms with E-state index >= 15 is 0 Å². The Balaban J connectivity index is 1.77. The molecule has 2 aromatic rings. The maximum Gasteiger partial charge on any atom is 0.338 e. The fraction of sp³-hybridized carbons (Fsp3) is 0.111. The quantitative estimate of drug-likeness (QED) is 0.619. The van der Waals surface area contributed by atoms with E-state index < -0.39 is 11.9 Å². The second kappa shape index (κ2) is 8.11. The highest BCUT2D eigenvalue weighted by atomic mass is 16.6. The fourth-order valence-electron chi connectivity index (χ4n) is 1.80. The number of carbonyl (C=O) groups is 2. The van der Waals surface area contributed by atoms with Crippen LogP contribution in [0.1, 0.15) is 31.8 Å². The summed E-state index contributed by atoms with van der Waals surface area (Å²) in [6, 6.07) is 15.9. The fourth-order valence-corrected chi connectivity index (χ4v) is 1.80. The lowest BCUT2D eigenvalue weighted by molar-refractivity contribution is 0.0265. The summed E-state index contributed by atoms with van der Waals surface area (Å²) < 4.78 is 9.96. The molecule has 0 aliphatic rings. The Morgan fingerprint density at radius 3 is 1.33 bits per heavy atom. The zero-order valence-corrected chi connectivity index (χ0v) is 12.6. The molecule has 2 rings (SSSR count). The first-order valence-corrected chi connectivity index (χ1v) is 6.98. The topological polar surface area (TPSA) is 100 Å². The first kappa shape index (κ1) is 16.7. The van der Waals surface area contributed by atoms with Crippen molar-refractivity contribution in [2.24, 2.45) is 0 Å². The van der Waals surface area contributed by atoms with Crippen molar-refractivity contribution in [2.45, 2.75) is 0 Å². The van der Waals surface area contributed by atoms with Gasteiger partial charge in [0.1, 0.15) is 13.2 Å². The second-order valence-corrected chi connectivity index (χ2v) is 4.65. The summed E-state index contributed by atoms with van der Waals surface area (Å²) in [5.41, 5.74) is 1.52. The molecule has 0 bridgehead atoms. The van der Waals surface area contributed by atoms with E-state index in [1.807, 2.05) is 12.1 Å². The lowest BCUT2D eigenvalue weighted by Crippen LogP contribution is -2.14. The van der Waals surface area contributed by atoms with Crippen molar-refractivity contribution in [3.63, 3.8) is 0 Å². The van der Waals surface area contributed by atoms with Gasteiger partial charge in [-0.3, -0.25) is 0 Å². The normalized spacial score (nSPS) is 9.42. The van der Waals surface area contributed by atoms with Gasteiger partial charge in [-0.25, -0.2) is 9.59 Å². The largest absolute Gasteiger partial charge is 0.458 e. The highest BCUT2D eigenvalue weighted by Gasteiger charge is 2.09. The van der Waals surface area contributed by atoms with Crippen LogP contribution in [-0.2, 0) is 9.47 Å². The summed E-state index contributed by atoms with van der Waals surface area (Å²) in [5.74, 6) is -1.12. The first-order chi connectivity index (χ1) is 11.6. The Bertz CT molecular complexity index is 741. The minimum absolute atomic E-state index is 0.0825. The number of ether oxygens (including phenoxy) is 2. The highest BCUT2D eigenvalue weighted by Crippen LogP contribution is 2.06. The number of hydrogen-bond acceptors (Lipinski definition) is 6. The van der Waals surface area contributed by atoms with Crippen molar-refractivity contribution in [1.29, 1.82) is 10.5 Å². The molecular weight excluding hydrogens is 308 g/mol. The van der Waals surface area contributed by atoms with E-state index in [1.54, 1.807) is 0 Å². The van der Waals surface area contributed by atoms with Gasteiger partial charge < -0.3 is 9.47 Å². The van der Waals surface area contributed by atoms with E-state index in [4.69, 9.17) is 20.0 Å². The van der Waals surface area contributed by atoms with Gasteiger partial charge in [-0.2, -0.15) is 10.5 Å². The summed E-state index contributed by atoms with van der Waals surface area (Å²) in [4.78, 5) is 23.5. The third-order valence-corrected chi connectivity index (χ3v) is 3.05. The molecule has 118 valence electrons. The van der Waals surface area contributed by atoms with E-state index in [0.29, 0.717) is 22.3 Å². The molecule has 0 fully saturated rings. The zero-order chi connectivity index (χ0) is 17.4. The highest BCUT2D eigenvalue weighted by molar-refractivity contribution is 5.90. The molecule has 0 N–H and O–H groups in total. The predicted molar refractivity (Wildman–Crippen MR) is 82.9 cm³/mol. The van der Waals surface area contributed by atoms with Crippen LogP contribution in [0.4, 0.5) is 0 Å². The van der Waals surface area contributed by atoms with Crippen molar-refractivity contribution in [1.82, 2.24) is 0 Å². The summed E-state index contributed by atoms with van der Waals surface area (Å²) in [6.07, 6.45) is 0. The number of esters is 2. The monoisotopic (exact) mass is 320 g/mol. The number of carbonyl (C=O) groups excluding carboxylic acids is 2. The van der Waals surface area contributed by atoms with Crippen LogP contribution in [-0.4, -0.2) is 25.2 Å². The molecule has 0 saturated carbocycles. The molecular formula is C18H12N2O4. The van der Waals surface area contributed by atoms with Gasteiger partial charge in [0.05, 0.1) is 34.4 Å². The minimum atomic E-state index is -0.561. The van der Waals surface area contributed by atoms with Gasteiger partial charge >= 0.3 is 11.9 Å². The maximum absolute atomic E-state index is 11.8. The molecule has 0 spiro atoms. The van der Waals surface area contributed by atoms with E-state index in [2.05, 4.69) is 0 Å². The van der Waals surface area contributed by atoms with Crippen molar-refractivity contribution in [3.8, 4) is 12.1 Å². The summed E-state index contributed by atoms with van der Waals surface area (Å²) in [6.45, 7) is -0.165. The maximum atomic E-state index is 11.8. The van der Waals surface area contributed by atoms with Gasteiger partial charge in [0.25, 0.3) is 0 Å². The lowest BCUT2D eigenvalue weighted by atomic mass is 10.1. The van der Waals surface area contributed by atoms with Crippen molar-refractivity contribution in [2.75, 3.05) is 13.2 Å². The van der Waals surface area contributed by atoms with Crippen LogP contribution in [0.25, 0.3) is 0 Å². The minimum Gasteiger partial charge on any atom is -0.458 e. The molecule has 0 radical (unpaired) electrons. The summed E-state index contributed by atoms with van der Waals surface area (Å²) >= 11 is 0. The Hall–Kier alpha value is -3.64. The molecule has 0 aromatic heterocycles. The Kier molecular flexibility index (Phi) is 5.65. The molecule has 0 saturated heterocycles. The van der Waals surface area contributed by atoms with Crippen LogP contribution in [0.15, 0.2) is 48.5 Å². The average Bonchev–Trinajstić information content (AvgIpc) is 2.65. The van der Waals surface area contributed by atoms with Crippen LogP contribution in [0, 0.1) is 22.7 Å². The SMILES string of the molecule is N#Cc1ccc(C(=O)OCCOC(=O)c2ccc(C#N)cc2)cc1. The Morgan fingerprint density at radius 2 is 1.04 bits per heavy atom. The molecule has 0 aliphatic carbocycles. The summed E-state index contributed by atoms with van der Waals surface area (Å²) in [5, 5.41) is 17.4. The van der Waals surface area contributed by atoms with Crippen molar-refractivity contribution in [3.05, 3.63) is 70.8 Å². The van der Waals surface area contributed by atoms with E-state index in [1.165, 1.54) is 48.5 Å². The Morgan fingerprint density at radius 1 is 0.708 bits per heavy atom. The van der Waals surface area contributed by atoms with Crippen LogP contribution in [0.3, 0.4) is 0 Å². The molecule has 0 unspecified atom stereocenters. The lowest BCUT2D eigenvalue weighted by Gasteiger charge is -2.06. The molecule has 2 aromatic carbocycles. The second-order valence-electron chi connectivity index (χ2n) is 4.65. The van der Waals surface area contributed by atoms with Gasteiger partial charge in [0, 0.05) is 0 Å². The molecule has 0 aliphatic heterocycles. The molecule has 0 heterocycles. The van der Waals surface area contributed by atoms with Gasteiger partial charge in [-0.15, -0.1) is 0 Å². The number of nitrogens with zero attached hydrogens (tertiary/aromatic N) is 2. The van der Waals surface area contributed by atoms with Gasteiger partial charge in [-0.05, 0) is 48.5 Å². The molecule has 24 heavy (non-hydrogen) atoms. The summed E-state index contributed by atoms with van der Waals surface area (Å²) in [7, 11) is 0. The smallest absolute Gasteiger partial charge is 0.338 e. The van der Waals surface area contributed by atoms with Crippen LogP contribution < -0.4 is 0 Å². The van der Waals surface area contributed by atoms with E-state index in [0.717, 1.165) is 0 Å². The third kappa shape index (κ3) is 4.43. The standard InChI is InChI=1S/C18H12N2O4/c19-11-13-1-5-15(6-2-13)17(21)23-9-10-24-18(22)16-7-3-14(12-20)4-8-16/h1-8H,9-10H2. The number of benzene rings is 2. The number of hydrogen-bond donors (Lipinski definition) is 0. The predicted octanol–water partition coefficient (Wildman–Crippen LogP) is 2.44. The molecule has 0 atom stereocenters. The number of rotatable bonds is 5. The Labute approximate surface area is 138 Å². The van der Waals surface area contributed by atoms with Gasteiger partial charge in [-0.1, -0.05) is 0 Å². The van der Waals surface area contributed by atoms with Crippen LogP contribution in [0.5, 0.6) is 0 Å². The van der Waals surface area contributed by atoms with E-state index in [9.17, 15) is 9.59 Å². The molecule has 0 amide bonds. The average molecular weight is 320 g/mol. The van der Waals surface area contributed by atoms with Crippen LogP contribution >= 0.6 is 0 Å². The molecule has 6 heteroatoms. The van der Waals surface area contributed by atoms with E-state index in [-0.39, 0.29) is 13.2 Å². The van der Waals surface area contributed by atoms with Gasteiger partial charge in [0.15, 0.2) is 0 Å². The van der Waals surface area contributed by atoms with Crippen molar-refractivity contribution < 1.29 is 19.1 Å². The van der Waals surface area contributed by atoms with Crippen LogP contribution in [0.2, 0.25) is 0 Å². The van der Waals surface area contributed by atoms with Crippen molar-refractivity contribution >= 4 is 11.9 Å². The molecule has 6 nitrogen and oxygen atoms in total.